The van der Waals surface area contributed by atoms with E-state index in [2.05, 4.69) is 21.2 Å². The van der Waals surface area contributed by atoms with E-state index in [9.17, 15) is 4.79 Å². The molecule has 0 aromatic carbocycles. The summed E-state index contributed by atoms with van der Waals surface area (Å²) >= 11 is 0. The van der Waals surface area contributed by atoms with Crippen LogP contribution >= 0.6 is 0 Å². The summed E-state index contributed by atoms with van der Waals surface area (Å²) in [6.45, 7) is 5.93. The van der Waals surface area contributed by atoms with Gasteiger partial charge in [0.2, 0.25) is 0 Å². The van der Waals surface area contributed by atoms with Crippen LogP contribution in [0.4, 0.5) is 5.82 Å². The number of terminal acetylenes is 1. The Morgan fingerprint density at radius 2 is 2.31 bits per heavy atom. The molecule has 1 rings (SSSR count). The molecule has 0 spiro atoms. The highest BCUT2D eigenvalue weighted by Gasteiger charge is 2.07. The first-order valence-electron chi connectivity index (χ1n) is 5.40. The molecular weight excluding hydrogens is 202 g/mol. The van der Waals surface area contributed by atoms with Gasteiger partial charge in [-0.25, -0.2) is 4.98 Å². The van der Waals surface area contributed by atoms with Crippen LogP contribution in [0.1, 0.15) is 38.9 Å². The van der Waals surface area contributed by atoms with Crippen LogP contribution in [0.3, 0.4) is 0 Å². The summed E-state index contributed by atoms with van der Waals surface area (Å²) in [6.07, 6.45) is 6.13. The molecule has 1 aromatic rings. The Hall–Kier alpha value is -1.76. The number of hydrogen-bond donors (Lipinski definition) is 2. The van der Waals surface area contributed by atoms with Crippen molar-refractivity contribution in [1.82, 2.24) is 9.97 Å². The van der Waals surface area contributed by atoms with E-state index >= 15 is 0 Å². The molecular formula is C12H17N3O. The first kappa shape index (κ1) is 12.3. The Kier molecular flexibility index (Phi) is 4.12. The molecule has 0 fully saturated rings. The fraction of sp³-hybridized carbons (Fsp3) is 0.500. The summed E-state index contributed by atoms with van der Waals surface area (Å²) in [5.41, 5.74) is -0.159. The van der Waals surface area contributed by atoms with Crippen LogP contribution in [0.15, 0.2) is 10.9 Å². The zero-order valence-electron chi connectivity index (χ0n) is 9.87. The van der Waals surface area contributed by atoms with Crippen LogP contribution in [0.2, 0.25) is 0 Å². The smallest absolute Gasteiger partial charge is 0.252 e. The van der Waals surface area contributed by atoms with Crippen LogP contribution in [0.5, 0.6) is 0 Å². The number of nitrogens with one attached hydrogen (secondary N) is 2. The molecule has 4 heteroatoms. The maximum absolute atomic E-state index is 11.4. The second kappa shape index (κ2) is 5.36. The third kappa shape index (κ3) is 3.13. The molecule has 0 bridgehead atoms. The minimum atomic E-state index is -0.159. The molecule has 0 aliphatic rings. The number of nitrogens with zero attached hydrogens (tertiary/aromatic N) is 1. The van der Waals surface area contributed by atoms with Gasteiger partial charge in [0.1, 0.15) is 11.6 Å². The van der Waals surface area contributed by atoms with Gasteiger partial charge in [0, 0.05) is 12.0 Å². The van der Waals surface area contributed by atoms with E-state index in [1.165, 1.54) is 6.07 Å². The third-order valence-corrected chi connectivity index (χ3v) is 2.24. The van der Waals surface area contributed by atoms with Crippen LogP contribution in [-0.4, -0.2) is 16.0 Å². The van der Waals surface area contributed by atoms with Gasteiger partial charge < -0.3 is 10.3 Å². The van der Waals surface area contributed by atoms with Crippen molar-refractivity contribution in [3.05, 3.63) is 22.2 Å². The molecule has 16 heavy (non-hydrogen) atoms. The number of rotatable bonds is 4. The number of hydrogen-bond acceptors (Lipinski definition) is 3. The first-order valence-corrected chi connectivity index (χ1v) is 5.40. The molecule has 0 aliphatic heterocycles. The third-order valence-electron chi connectivity index (χ3n) is 2.24. The average Bonchev–Trinajstić information content (AvgIpc) is 2.25. The number of anilines is 1. The molecule has 0 saturated heterocycles. The van der Waals surface area contributed by atoms with Crippen LogP contribution in [0, 0.1) is 12.3 Å². The molecule has 1 aromatic heterocycles. The highest BCUT2D eigenvalue weighted by Crippen LogP contribution is 2.10. The van der Waals surface area contributed by atoms with Crippen molar-refractivity contribution in [2.75, 3.05) is 5.32 Å². The number of H-pyrrole nitrogens is 1. The maximum atomic E-state index is 11.4. The van der Waals surface area contributed by atoms with Gasteiger partial charge in [-0.1, -0.05) is 26.7 Å². The maximum Gasteiger partial charge on any atom is 0.252 e. The van der Waals surface area contributed by atoms with E-state index in [0.29, 0.717) is 11.6 Å². The molecule has 1 atom stereocenters. The zero-order valence-corrected chi connectivity index (χ0v) is 9.87. The standard InChI is InChI=1S/C12H17N3O/c1-5-9(6-2)13-10-7-11(16)15-12(14-10)8(3)4/h1,7-9H,6H2,2-4H3,(H2,13,14,15,16). The molecule has 2 N–H and O–H groups in total. The van der Waals surface area contributed by atoms with Crippen LogP contribution in [0.25, 0.3) is 0 Å². The first-order chi connectivity index (χ1) is 7.56. The highest BCUT2D eigenvalue weighted by molar-refractivity contribution is 5.37. The second-order valence-corrected chi connectivity index (χ2v) is 3.94. The summed E-state index contributed by atoms with van der Waals surface area (Å²) in [4.78, 5) is 18.4. The van der Waals surface area contributed by atoms with Gasteiger partial charge in [-0.2, -0.15) is 0 Å². The van der Waals surface area contributed by atoms with E-state index in [1.54, 1.807) is 0 Å². The fourth-order valence-corrected chi connectivity index (χ4v) is 1.26. The Labute approximate surface area is 95.5 Å². The van der Waals surface area contributed by atoms with Crippen molar-refractivity contribution in [2.24, 2.45) is 0 Å². The van der Waals surface area contributed by atoms with E-state index in [-0.39, 0.29) is 17.5 Å². The normalized spacial score (nSPS) is 12.2. The Balaban J connectivity index is 2.97. The lowest BCUT2D eigenvalue weighted by atomic mass is 10.2. The molecule has 1 unspecified atom stereocenters. The van der Waals surface area contributed by atoms with E-state index in [4.69, 9.17) is 6.42 Å². The molecule has 1 heterocycles. The van der Waals surface area contributed by atoms with Gasteiger partial charge in [0.25, 0.3) is 5.56 Å². The minimum Gasteiger partial charge on any atom is -0.356 e. The van der Waals surface area contributed by atoms with Crippen molar-refractivity contribution < 1.29 is 0 Å². The molecule has 0 aliphatic carbocycles. The Bertz CT molecular complexity index is 442. The monoisotopic (exact) mass is 219 g/mol. The van der Waals surface area contributed by atoms with Crippen LogP contribution in [-0.2, 0) is 0 Å². The predicted octanol–water partition coefficient (Wildman–Crippen LogP) is 1.72. The van der Waals surface area contributed by atoms with Gasteiger partial charge >= 0.3 is 0 Å². The topological polar surface area (TPSA) is 57.8 Å². The lowest BCUT2D eigenvalue weighted by Gasteiger charge is -2.12. The zero-order chi connectivity index (χ0) is 12.1. The molecule has 0 radical (unpaired) electrons. The Morgan fingerprint density at radius 1 is 1.62 bits per heavy atom. The van der Waals surface area contributed by atoms with E-state index in [1.807, 2.05) is 20.8 Å². The van der Waals surface area contributed by atoms with Crippen molar-refractivity contribution in [3.63, 3.8) is 0 Å². The van der Waals surface area contributed by atoms with E-state index in [0.717, 1.165) is 6.42 Å². The summed E-state index contributed by atoms with van der Waals surface area (Å²) in [7, 11) is 0. The highest BCUT2D eigenvalue weighted by atomic mass is 16.1. The van der Waals surface area contributed by atoms with E-state index < -0.39 is 0 Å². The minimum absolute atomic E-state index is 0.0886. The van der Waals surface area contributed by atoms with Gasteiger partial charge in [0.15, 0.2) is 0 Å². The van der Waals surface area contributed by atoms with Crippen molar-refractivity contribution in [1.29, 1.82) is 0 Å². The summed E-state index contributed by atoms with van der Waals surface area (Å²) in [5.74, 6) is 3.99. The Morgan fingerprint density at radius 3 is 2.81 bits per heavy atom. The predicted molar refractivity (Wildman–Crippen MR) is 65.5 cm³/mol. The molecule has 0 saturated carbocycles. The second-order valence-electron chi connectivity index (χ2n) is 3.94. The van der Waals surface area contributed by atoms with Crippen molar-refractivity contribution in [2.45, 2.75) is 39.2 Å². The van der Waals surface area contributed by atoms with Gasteiger partial charge in [-0.15, -0.1) is 6.42 Å². The lowest BCUT2D eigenvalue weighted by molar-refractivity contribution is 0.761. The van der Waals surface area contributed by atoms with Crippen molar-refractivity contribution in [3.8, 4) is 12.3 Å². The molecule has 86 valence electrons. The fourth-order valence-electron chi connectivity index (χ4n) is 1.26. The quantitative estimate of drug-likeness (QED) is 0.758. The van der Waals surface area contributed by atoms with Gasteiger partial charge in [-0.05, 0) is 6.42 Å². The lowest BCUT2D eigenvalue weighted by Crippen LogP contribution is -2.20. The number of aromatic nitrogens is 2. The van der Waals surface area contributed by atoms with Gasteiger partial charge in [0.05, 0.1) is 6.04 Å². The molecule has 0 amide bonds. The molecule has 4 nitrogen and oxygen atoms in total. The average molecular weight is 219 g/mol. The van der Waals surface area contributed by atoms with Crippen LogP contribution < -0.4 is 10.9 Å². The largest absolute Gasteiger partial charge is 0.356 e. The SMILES string of the molecule is C#CC(CC)Nc1cc(=O)[nH]c(C(C)C)n1. The number of aromatic amines is 1. The summed E-state index contributed by atoms with van der Waals surface area (Å²) in [6, 6.07) is 1.33. The summed E-state index contributed by atoms with van der Waals surface area (Å²) < 4.78 is 0. The van der Waals surface area contributed by atoms with Gasteiger partial charge in [-0.3, -0.25) is 4.79 Å². The van der Waals surface area contributed by atoms with Crippen molar-refractivity contribution >= 4 is 5.82 Å². The summed E-state index contributed by atoms with van der Waals surface area (Å²) in [5, 5.41) is 3.05.